The first kappa shape index (κ1) is 16.2. The molecule has 0 aliphatic carbocycles. The first-order valence-electron chi connectivity index (χ1n) is 6.68. The van der Waals surface area contributed by atoms with Crippen molar-refractivity contribution in [2.45, 2.75) is 26.3 Å². The van der Waals surface area contributed by atoms with Crippen LogP contribution in [0.25, 0.3) is 0 Å². The van der Waals surface area contributed by atoms with Crippen molar-refractivity contribution >= 4 is 11.9 Å². The molecule has 0 fully saturated rings. The zero-order valence-corrected chi connectivity index (χ0v) is 12.0. The largest absolute Gasteiger partial charge is 0.481 e. The number of aromatic nitrogens is 1. The van der Waals surface area contributed by atoms with Crippen molar-refractivity contribution in [1.82, 2.24) is 9.88 Å². The number of nitrogens with zero attached hydrogens (tertiary/aromatic N) is 1. The maximum Gasteiger partial charge on any atom is 0.303 e. The van der Waals surface area contributed by atoms with Gasteiger partial charge in [0, 0.05) is 32.8 Å². The standard InChI is InChI=1S/C14H22N2O4/c1-11(5-6-13(17)18)10-15-14(19)12-4-3-7-16(12)8-9-20-2/h3-4,7,11H,5-6,8-10H2,1-2H3,(H,15,19)(H,17,18). The molecule has 0 aliphatic rings. The molecule has 1 unspecified atom stereocenters. The summed E-state index contributed by atoms with van der Waals surface area (Å²) in [6.07, 6.45) is 2.52. The van der Waals surface area contributed by atoms with Gasteiger partial charge in [0.25, 0.3) is 5.91 Å². The maximum atomic E-state index is 12.0. The number of hydrogen-bond acceptors (Lipinski definition) is 3. The first-order valence-corrected chi connectivity index (χ1v) is 6.68. The number of aliphatic carboxylic acids is 1. The van der Waals surface area contributed by atoms with E-state index in [1.807, 2.05) is 23.8 Å². The van der Waals surface area contributed by atoms with Crippen molar-refractivity contribution in [2.24, 2.45) is 5.92 Å². The minimum atomic E-state index is -0.809. The average Bonchev–Trinajstić information content (AvgIpc) is 2.88. The van der Waals surface area contributed by atoms with Gasteiger partial charge < -0.3 is 19.7 Å². The Balaban J connectivity index is 2.42. The van der Waals surface area contributed by atoms with Gasteiger partial charge in [-0.2, -0.15) is 0 Å². The average molecular weight is 282 g/mol. The second-order valence-electron chi connectivity index (χ2n) is 4.83. The normalized spacial score (nSPS) is 12.1. The lowest BCUT2D eigenvalue weighted by Gasteiger charge is -2.13. The molecule has 112 valence electrons. The van der Waals surface area contributed by atoms with Crippen LogP contribution in [-0.4, -0.2) is 41.8 Å². The van der Waals surface area contributed by atoms with E-state index in [0.717, 1.165) is 0 Å². The Bertz CT molecular complexity index is 442. The molecule has 0 radical (unpaired) electrons. The molecule has 1 amide bonds. The van der Waals surface area contributed by atoms with E-state index in [-0.39, 0.29) is 18.2 Å². The molecule has 1 aromatic heterocycles. The summed E-state index contributed by atoms with van der Waals surface area (Å²) in [5.41, 5.74) is 0.590. The fourth-order valence-electron chi connectivity index (χ4n) is 1.83. The third-order valence-corrected chi connectivity index (χ3v) is 3.06. The van der Waals surface area contributed by atoms with Crippen LogP contribution in [0.4, 0.5) is 0 Å². The number of carboxylic acid groups (broad SMARTS) is 1. The van der Waals surface area contributed by atoms with Crippen molar-refractivity contribution in [3.63, 3.8) is 0 Å². The van der Waals surface area contributed by atoms with Crippen molar-refractivity contribution in [2.75, 3.05) is 20.3 Å². The number of carboxylic acids is 1. The Morgan fingerprint density at radius 2 is 2.25 bits per heavy atom. The van der Waals surface area contributed by atoms with Crippen LogP contribution in [0, 0.1) is 5.92 Å². The second-order valence-corrected chi connectivity index (χ2v) is 4.83. The van der Waals surface area contributed by atoms with Gasteiger partial charge in [-0.15, -0.1) is 0 Å². The van der Waals surface area contributed by atoms with Crippen molar-refractivity contribution in [1.29, 1.82) is 0 Å². The lowest BCUT2D eigenvalue weighted by molar-refractivity contribution is -0.137. The zero-order valence-electron chi connectivity index (χ0n) is 12.0. The molecule has 0 saturated carbocycles. The van der Waals surface area contributed by atoms with Gasteiger partial charge in [-0.3, -0.25) is 9.59 Å². The number of ether oxygens (including phenoxy) is 1. The minimum absolute atomic E-state index is 0.126. The number of methoxy groups -OCH3 is 1. The van der Waals surface area contributed by atoms with E-state index in [1.165, 1.54) is 0 Å². The Hall–Kier alpha value is -1.82. The lowest BCUT2D eigenvalue weighted by atomic mass is 10.1. The highest BCUT2D eigenvalue weighted by Crippen LogP contribution is 2.06. The summed E-state index contributed by atoms with van der Waals surface area (Å²) < 4.78 is 6.83. The molecule has 1 aromatic rings. The van der Waals surface area contributed by atoms with E-state index >= 15 is 0 Å². The molecule has 0 saturated heterocycles. The van der Waals surface area contributed by atoms with Crippen molar-refractivity contribution < 1.29 is 19.4 Å². The topological polar surface area (TPSA) is 80.6 Å². The summed E-state index contributed by atoms with van der Waals surface area (Å²) >= 11 is 0. The SMILES string of the molecule is COCCn1cccc1C(=O)NCC(C)CCC(=O)O. The maximum absolute atomic E-state index is 12.0. The predicted octanol–water partition coefficient (Wildman–Crippen LogP) is 1.37. The van der Waals surface area contributed by atoms with Crippen LogP contribution in [0.1, 0.15) is 30.3 Å². The predicted molar refractivity (Wildman–Crippen MR) is 74.7 cm³/mol. The van der Waals surface area contributed by atoms with E-state index in [4.69, 9.17) is 9.84 Å². The summed E-state index contributed by atoms with van der Waals surface area (Å²) in [5.74, 6) is -0.817. The molecule has 1 atom stereocenters. The van der Waals surface area contributed by atoms with E-state index in [0.29, 0.717) is 31.8 Å². The van der Waals surface area contributed by atoms with Crippen LogP contribution in [0.5, 0.6) is 0 Å². The summed E-state index contributed by atoms with van der Waals surface area (Å²) in [6.45, 7) is 3.57. The molecule has 0 spiro atoms. The number of carbonyl (C=O) groups is 2. The van der Waals surface area contributed by atoms with Gasteiger partial charge in [0.2, 0.25) is 0 Å². The molecule has 2 N–H and O–H groups in total. The van der Waals surface area contributed by atoms with Gasteiger partial charge in [-0.25, -0.2) is 0 Å². The van der Waals surface area contributed by atoms with E-state index in [2.05, 4.69) is 5.32 Å². The quantitative estimate of drug-likeness (QED) is 0.716. The van der Waals surface area contributed by atoms with Crippen LogP contribution in [0.2, 0.25) is 0 Å². The summed E-state index contributed by atoms with van der Waals surface area (Å²) in [7, 11) is 1.62. The Morgan fingerprint density at radius 3 is 2.90 bits per heavy atom. The molecular weight excluding hydrogens is 260 g/mol. The van der Waals surface area contributed by atoms with Gasteiger partial charge in [-0.1, -0.05) is 6.92 Å². The molecular formula is C14H22N2O4. The first-order chi connectivity index (χ1) is 9.54. The van der Waals surface area contributed by atoms with Gasteiger partial charge >= 0.3 is 5.97 Å². The Kier molecular flexibility index (Phi) is 6.79. The Morgan fingerprint density at radius 1 is 1.50 bits per heavy atom. The molecule has 0 aliphatic heterocycles. The van der Waals surface area contributed by atoms with Crippen LogP contribution >= 0.6 is 0 Å². The van der Waals surface area contributed by atoms with Gasteiger partial charge in [-0.05, 0) is 24.5 Å². The number of hydrogen-bond donors (Lipinski definition) is 2. The monoisotopic (exact) mass is 282 g/mol. The van der Waals surface area contributed by atoms with Crippen molar-refractivity contribution in [3.8, 4) is 0 Å². The van der Waals surface area contributed by atoms with E-state index in [1.54, 1.807) is 13.2 Å². The van der Waals surface area contributed by atoms with Crippen LogP contribution in [-0.2, 0) is 16.1 Å². The highest BCUT2D eigenvalue weighted by Gasteiger charge is 2.12. The van der Waals surface area contributed by atoms with Gasteiger partial charge in [0.15, 0.2) is 0 Å². The minimum Gasteiger partial charge on any atom is -0.481 e. The number of rotatable bonds is 9. The Labute approximate surface area is 118 Å². The molecule has 1 rings (SSSR count). The summed E-state index contributed by atoms with van der Waals surface area (Å²) in [4.78, 5) is 22.5. The fourth-order valence-corrected chi connectivity index (χ4v) is 1.83. The molecule has 0 aromatic carbocycles. The number of nitrogens with one attached hydrogen (secondary N) is 1. The van der Waals surface area contributed by atoms with Gasteiger partial charge in [0.05, 0.1) is 6.61 Å². The molecule has 1 heterocycles. The molecule has 6 nitrogen and oxygen atoms in total. The molecule has 0 bridgehead atoms. The third kappa shape index (κ3) is 5.44. The van der Waals surface area contributed by atoms with Crippen LogP contribution in [0.15, 0.2) is 18.3 Å². The molecule has 20 heavy (non-hydrogen) atoms. The lowest BCUT2D eigenvalue weighted by Crippen LogP contribution is -2.30. The van der Waals surface area contributed by atoms with E-state index in [9.17, 15) is 9.59 Å². The second kappa shape index (κ2) is 8.37. The smallest absolute Gasteiger partial charge is 0.303 e. The molecule has 6 heteroatoms. The highest BCUT2D eigenvalue weighted by atomic mass is 16.5. The van der Waals surface area contributed by atoms with Crippen LogP contribution in [0.3, 0.4) is 0 Å². The third-order valence-electron chi connectivity index (χ3n) is 3.06. The van der Waals surface area contributed by atoms with Gasteiger partial charge in [0.1, 0.15) is 5.69 Å². The van der Waals surface area contributed by atoms with Crippen molar-refractivity contribution in [3.05, 3.63) is 24.0 Å². The number of carbonyl (C=O) groups excluding carboxylic acids is 1. The number of amides is 1. The highest BCUT2D eigenvalue weighted by molar-refractivity contribution is 5.92. The van der Waals surface area contributed by atoms with E-state index < -0.39 is 5.97 Å². The summed E-state index contributed by atoms with van der Waals surface area (Å²) in [6, 6.07) is 3.57. The zero-order chi connectivity index (χ0) is 15.0. The summed E-state index contributed by atoms with van der Waals surface area (Å²) in [5, 5.41) is 11.4. The van der Waals surface area contributed by atoms with Crippen LogP contribution < -0.4 is 5.32 Å². The fraction of sp³-hybridized carbons (Fsp3) is 0.571.